The summed E-state index contributed by atoms with van der Waals surface area (Å²) < 4.78 is 12.6. The van der Waals surface area contributed by atoms with E-state index in [1.54, 1.807) is 23.1 Å². The van der Waals surface area contributed by atoms with Gasteiger partial charge in [0.15, 0.2) is 11.5 Å². The van der Waals surface area contributed by atoms with Gasteiger partial charge in [-0.3, -0.25) is 19.1 Å². The van der Waals surface area contributed by atoms with Crippen LogP contribution in [0.25, 0.3) is 0 Å². The summed E-state index contributed by atoms with van der Waals surface area (Å²) >= 11 is 0. The smallest absolute Gasteiger partial charge is 0.330 e. The Morgan fingerprint density at radius 1 is 1.15 bits per heavy atom. The summed E-state index contributed by atoms with van der Waals surface area (Å²) in [6.07, 6.45) is 0.787. The molecule has 0 unspecified atom stereocenters. The summed E-state index contributed by atoms with van der Waals surface area (Å²) in [6.45, 7) is 9.62. The zero-order chi connectivity index (χ0) is 24.1. The summed E-state index contributed by atoms with van der Waals surface area (Å²) in [6, 6.07) is 5.21. The highest BCUT2D eigenvalue weighted by molar-refractivity contribution is 5.94. The van der Waals surface area contributed by atoms with Gasteiger partial charge in [0.25, 0.3) is 5.56 Å². The van der Waals surface area contributed by atoms with Crippen LogP contribution >= 0.6 is 0 Å². The highest BCUT2D eigenvalue weighted by Crippen LogP contribution is 2.32. The van der Waals surface area contributed by atoms with E-state index in [2.05, 4.69) is 10.3 Å². The topological polar surface area (TPSA) is 132 Å². The molecule has 1 aromatic carbocycles. The number of aromatic amines is 1. The molecule has 0 bridgehead atoms. The van der Waals surface area contributed by atoms with E-state index in [1.807, 2.05) is 27.7 Å². The number of hydrogen-bond acceptors (Lipinski definition) is 7. The largest absolute Gasteiger partial charge is 0.490 e. The average Bonchev–Trinajstić information content (AvgIpc) is 2.95. The van der Waals surface area contributed by atoms with Crippen LogP contribution < -0.4 is 36.7 Å². The molecule has 0 radical (unpaired) electrons. The molecule has 10 nitrogen and oxygen atoms in total. The minimum atomic E-state index is -0.610. The minimum absolute atomic E-state index is 0.0569. The van der Waals surface area contributed by atoms with Crippen molar-refractivity contribution in [2.24, 2.45) is 11.8 Å². The van der Waals surface area contributed by atoms with Crippen molar-refractivity contribution >= 4 is 23.1 Å². The number of nitrogens with one attached hydrogen (secondary N) is 2. The molecule has 1 aliphatic rings. The van der Waals surface area contributed by atoms with Crippen LogP contribution in [0.5, 0.6) is 11.5 Å². The molecule has 1 aliphatic heterocycles. The van der Waals surface area contributed by atoms with E-state index < -0.39 is 11.2 Å². The normalized spacial score (nSPS) is 13.2. The Labute approximate surface area is 192 Å². The molecule has 33 heavy (non-hydrogen) atoms. The first-order valence-corrected chi connectivity index (χ1v) is 11.2. The van der Waals surface area contributed by atoms with Crippen molar-refractivity contribution in [3.63, 3.8) is 0 Å². The van der Waals surface area contributed by atoms with Crippen LogP contribution in [0.4, 0.5) is 17.2 Å². The summed E-state index contributed by atoms with van der Waals surface area (Å²) in [5.74, 6) is 1.22. The highest BCUT2D eigenvalue weighted by Gasteiger charge is 2.22. The minimum Gasteiger partial charge on any atom is -0.490 e. The lowest BCUT2D eigenvalue weighted by molar-refractivity contribution is -0.115. The monoisotopic (exact) mass is 459 g/mol. The second-order valence-electron chi connectivity index (χ2n) is 9.03. The van der Waals surface area contributed by atoms with Crippen molar-refractivity contribution in [2.75, 3.05) is 42.3 Å². The lowest BCUT2D eigenvalue weighted by atomic mass is 10.2. The molecule has 1 aromatic heterocycles. The molecule has 180 valence electrons. The lowest BCUT2D eigenvalue weighted by Gasteiger charge is -2.27. The van der Waals surface area contributed by atoms with Gasteiger partial charge < -0.3 is 25.4 Å². The first-order valence-electron chi connectivity index (χ1n) is 11.2. The van der Waals surface area contributed by atoms with Crippen molar-refractivity contribution in [2.45, 2.75) is 40.7 Å². The van der Waals surface area contributed by atoms with Crippen LogP contribution in [0.1, 0.15) is 34.1 Å². The van der Waals surface area contributed by atoms with Crippen LogP contribution in [-0.2, 0) is 11.3 Å². The standard InChI is InChI=1S/C23H33N5O5/c1-14(2)11-27(20-21(24)28(12-15(3)4)23(31)26-22(20)30)13-19(29)25-16-6-7-17-18(10-16)33-9-5-8-32-17/h6-7,10,14-15H,5,8-9,11-13,24H2,1-4H3,(H,25,29)(H,26,30,31). The number of aromatic nitrogens is 2. The Morgan fingerprint density at radius 2 is 1.85 bits per heavy atom. The second-order valence-corrected chi connectivity index (χ2v) is 9.03. The maximum absolute atomic E-state index is 12.9. The van der Waals surface area contributed by atoms with Crippen molar-refractivity contribution < 1.29 is 14.3 Å². The van der Waals surface area contributed by atoms with Crippen LogP contribution in [0.2, 0.25) is 0 Å². The third-order valence-electron chi connectivity index (χ3n) is 5.03. The first kappa shape index (κ1) is 24.2. The first-order chi connectivity index (χ1) is 15.7. The highest BCUT2D eigenvalue weighted by atomic mass is 16.5. The number of rotatable bonds is 8. The number of benzene rings is 1. The van der Waals surface area contributed by atoms with Gasteiger partial charge >= 0.3 is 5.69 Å². The van der Waals surface area contributed by atoms with Crippen molar-refractivity contribution in [1.29, 1.82) is 0 Å². The number of nitrogens with zero attached hydrogens (tertiary/aromatic N) is 2. The van der Waals surface area contributed by atoms with E-state index in [4.69, 9.17) is 15.2 Å². The Kier molecular flexibility index (Phi) is 7.67. The van der Waals surface area contributed by atoms with E-state index in [1.165, 1.54) is 4.57 Å². The van der Waals surface area contributed by atoms with Gasteiger partial charge in [-0.2, -0.15) is 0 Å². The molecule has 4 N–H and O–H groups in total. The number of fused-ring (bicyclic) bond motifs is 1. The van der Waals surface area contributed by atoms with Gasteiger partial charge in [-0.1, -0.05) is 27.7 Å². The summed E-state index contributed by atoms with van der Waals surface area (Å²) in [5.41, 5.74) is 5.78. The molecule has 3 rings (SSSR count). The predicted octanol–water partition coefficient (Wildman–Crippen LogP) is 2.04. The van der Waals surface area contributed by atoms with Gasteiger partial charge in [-0.15, -0.1) is 0 Å². The fourth-order valence-corrected chi connectivity index (χ4v) is 3.72. The molecule has 0 atom stereocenters. The molecule has 0 spiro atoms. The Balaban J connectivity index is 1.86. The average molecular weight is 460 g/mol. The number of hydrogen-bond donors (Lipinski definition) is 3. The zero-order valence-electron chi connectivity index (χ0n) is 19.6. The Hall–Kier alpha value is -3.43. The predicted molar refractivity (Wildman–Crippen MR) is 128 cm³/mol. The Morgan fingerprint density at radius 3 is 2.52 bits per heavy atom. The molecule has 1 amide bonds. The fourth-order valence-electron chi connectivity index (χ4n) is 3.72. The van der Waals surface area contributed by atoms with Gasteiger partial charge in [-0.25, -0.2) is 4.79 Å². The van der Waals surface area contributed by atoms with Crippen LogP contribution in [0, 0.1) is 11.8 Å². The van der Waals surface area contributed by atoms with Crippen molar-refractivity contribution in [3.05, 3.63) is 39.0 Å². The van der Waals surface area contributed by atoms with Crippen LogP contribution in [0.3, 0.4) is 0 Å². The molecular formula is C23H33N5O5. The lowest BCUT2D eigenvalue weighted by Crippen LogP contribution is -2.43. The molecule has 2 heterocycles. The third-order valence-corrected chi connectivity index (χ3v) is 5.03. The summed E-state index contributed by atoms with van der Waals surface area (Å²) in [7, 11) is 0. The molecular weight excluding hydrogens is 426 g/mol. The number of carbonyl (C=O) groups is 1. The maximum Gasteiger partial charge on any atom is 0.330 e. The van der Waals surface area contributed by atoms with Crippen molar-refractivity contribution in [1.82, 2.24) is 9.55 Å². The molecule has 10 heteroatoms. The number of ether oxygens (including phenoxy) is 2. The van der Waals surface area contributed by atoms with E-state index in [0.717, 1.165) is 6.42 Å². The number of H-pyrrole nitrogens is 1. The summed E-state index contributed by atoms with van der Waals surface area (Å²) in [5, 5.41) is 2.85. The van der Waals surface area contributed by atoms with Crippen LogP contribution in [-0.4, -0.2) is 41.8 Å². The number of anilines is 3. The Bertz CT molecular complexity index is 1110. The van der Waals surface area contributed by atoms with Crippen LogP contribution in [0.15, 0.2) is 27.8 Å². The van der Waals surface area contributed by atoms with E-state index in [-0.39, 0.29) is 35.8 Å². The number of carbonyl (C=O) groups excluding carboxylic acids is 1. The van der Waals surface area contributed by atoms with Gasteiger partial charge in [-0.05, 0) is 24.0 Å². The number of amides is 1. The van der Waals surface area contributed by atoms with E-state index in [9.17, 15) is 14.4 Å². The molecule has 0 saturated carbocycles. The fraction of sp³-hybridized carbons (Fsp3) is 0.522. The summed E-state index contributed by atoms with van der Waals surface area (Å²) in [4.78, 5) is 41.9. The molecule has 2 aromatic rings. The van der Waals surface area contributed by atoms with Crippen molar-refractivity contribution in [3.8, 4) is 11.5 Å². The third kappa shape index (κ3) is 6.09. The van der Waals surface area contributed by atoms with E-state index >= 15 is 0 Å². The second kappa shape index (κ2) is 10.5. The molecule has 0 aliphatic carbocycles. The molecule has 0 fully saturated rings. The SMILES string of the molecule is CC(C)CN(CC(=O)Nc1ccc2c(c1)OCCCO2)c1c(N)n(CC(C)C)c(=O)[nH]c1=O. The number of nitrogen functional groups attached to an aromatic ring is 1. The van der Waals surface area contributed by atoms with Gasteiger partial charge in [0, 0.05) is 31.3 Å². The maximum atomic E-state index is 12.9. The van der Waals surface area contributed by atoms with Gasteiger partial charge in [0.05, 0.1) is 19.8 Å². The molecule has 0 saturated heterocycles. The van der Waals surface area contributed by atoms with Gasteiger partial charge in [0.2, 0.25) is 5.91 Å². The van der Waals surface area contributed by atoms with Gasteiger partial charge in [0.1, 0.15) is 11.5 Å². The van der Waals surface area contributed by atoms with E-state index in [0.29, 0.717) is 43.5 Å². The number of nitrogens with two attached hydrogens (primary N) is 1. The zero-order valence-corrected chi connectivity index (χ0v) is 19.6. The quantitative estimate of drug-likeness (QED) is 0.550.